The lowest BCUT2D eigenvalue weighted by Crippen LogP contribution is -2.17. The SMILES string of the molecule is N#Cc1cc(-c2ccc([N+](=O)[O-])cc2)cc(S(N)(=O)=O)c1-n1cccn1. The number of nitrogens with zero attached hydrogens (tertiary/aromatic N) is 4. The molecule has 0 saturated heterocycles. The first kappa shape index (κ1) is 17.3. The molecule has 0 aliphatic rings. The van der Waals surface area contributed by atoms with E-state index < -0.39 is 14.9 Å². The largest absolute Gasteiger partial charge is 0.269 e. The molecule has 0 bridgehead atoms. The number of nitro groups is 1. The van der Waals surface area contributed by atoms with E-state index in [0.29, 0.717) is 11.1 Å². The Bertz CT molecular complexity index is 1130. The second kappa shape index (κ2) is 6.40. The van der Waals surface area contributed by atoms with Crippen LogP contribution in [0.25, 0.3) is 16.8 Å². The van der Waals surface area contributed by atoms with E-state index in [1.54, 1.807) is 6.07 Å². The molecule has 0 aliphatic carbocycles. The van der Waals surface area contributed by atoms with Crippen molar-refractivity contribution >= 4 is 15.7 Å². The number of primary sulfonamides is 1. The molecule has 3 aromatic rings. The standard InChI is InChI=1S/C16H11N5O4S/c17-10-13-8-12(11-2-4-14(5-3-11)21(22)23)9-15(26(18,24)25)16(13)20-7-1-6-19-20/h1-9H,(H2,18,24,25). The lowest BCUT2D eigenvalue weighted by atomic mass is 10.0. The lowest BCUT2D eigenvalue weighted by Gasteiger charge is -2.13. The normalized spacial score (nSPS) is 11.1. The van der Waals surface area contributed by atoms with Gasteiger partial charge in [-0.2, -0.15) is 10.4 Å². The van der Waals surface area contributed by atoms with Crippen LogP contribution in [-0.4, -0.2) is 23.1 Å². The molecule has 9 nitrogen and oxygen atoms in total. The van der Waals surface area contributed by atoms with Gasteiger partial charge in [-0.3, -0.25) is 10.1 Å². The van der Waals surface area contributed by atoms with Crippen molar-refractivity contribution in [3.8, 4) is 22.9 Å². The van der Waals surface area contributed by atoms with Crippen molar-refractivity contribution in [3.63, 3.8) is 0 Å². The van der Waals surface area contributed by atoms with Crippen LogP contribution in [0, 0.1) is 21.4 Å². The van der Waals surface area contributed by atoms with Gasteiger partial charge in [-0.25, -0.2) is 18.2 Å². The molecule has 0 fully saturated rings. The highest BCUT2D eigenvalue weighted by molar-refractivity contribution is 7.89. The van der Waals surface area contributed by atoms with E-state index in [0.717, 1.165) is 0 Å². The lowest BCUT2D eigenvalue weighted by molar-refractivity contribution is -0.384. The van der Waals surface area contributed by atoms with Crippen LogP contribution in [0.2, 0.25) is 0 Å². The van der Waals surface area contributed by atoms with Crippen LogP contribution >= 0.6 is 0 Å². The van der Waals surface area contributed by atoms with E-state index in [1.807, 2.05) is 6.07 Å². The summed E-state index contributed by atoms with van der Waals surface area (Å²) in [5.74, 6) is 0. The molecule has 0 radical (unpaired) electrons. The van der Waals surface area contributed by atoms with E-state index in [-0.39, 0.29) is 21.8 Å². The van der Waals surface area contributed by atoms with Gasteiger partial charge in [-0.1, -0.05) is 0 Å². The minimum atomic E-state index is -4.16. The molecule has 0 unspecified atom stereocenters. The number of nitro benzene ring substituents is 1. The summed E-state index contributed by atoms with van der Waals surface area (Å²) in [6.07, 6.45) is 2.94. The number of sulfonamides is 1. The second-order valence-corrected chi connectivity index (χ2v) is 6.81. The minimum Gasteiger partial charge on any atom is -0.258 e. The summed E-state index contributed by atoms with van der Waals surface area (Å²) in [5, 5.41) is 29.6. The molecule has 0 saturated carbocycles. The molecule has 0 amide bonds. The molecular formula is C16H11N5O4S. The zero-order chi connectivity index (χ0) is 18.9. The summed E-state index contributed by atoms with van der Waals surface area (Å²) < 4.78 is 25.4. The third kappa shape index (κ3) is 3.16. The molecule has 26 heavy (non-hydrogen) atoms. The van der Waals surface area contributed by atoms with Crippen LogP contribution in [0.15, 0.2) is 59.8 Å². The summed E-state index contributed by atoms with van der Waals surface area (Å²) in [4.78, 5) is 9.96. The Balaban J connectivity index is 2.27. The zero-order valence-corrected chi connectivity index (χ0v) is 13.9. The van der Waals surface area contributed by atoms with Crippen LogP contribution in [0.1, 0.15) is 5.56 Å². The summed E-state index contributed by atoms with van der Waals surface area (Å²) in [6.45, 7) is 0. The zero-order valence-electron chi connectivity index (χ0n) is 13.1. The van der Waals surface area contributed by atoms with E-state index in [1.165, 1.54) is 53.5 Å². The number of benzene rings is 2. The van der Waals surface area contributed by atoms with Gasteiger partial charge in [0, 0.05) is 24.5 Å². The van der Waals surface area contributed by atoms with Crippen LogP contribution in [-0.2, 0) is 10.0 Å². The van der Waals surface area contributed by atoms with E-state index in [9.17, 15) is 23.8 Å². The van der Waals surface area contributed by atoms with Crippen molar-refractivity contribution in [2.24, 2.45) is 5.14 Å². The monoisotopic (exact) mass is 369 g/mol. The topological polar surface area (TPSA) is 145 Å². The molecule has 0 aliphatic heterocycles. The van der Waals surface area contributed by atoms with Crippen molar-refractivity contribution in [2.75, 3.05) is 0 Å². The predicted molar refractivity (Wildman–Crippen MR) is 91.7 cm³/mol. The van der Waals surface area contributed by atoms with Crippen LogP contribution < -0.4 is 5.14 Å². The van der Waals surface area contributed by atoms with Crippen LogP contribution in [0.5, 0.6) is 0 Å². The molecule has 10 heteroatoms. The van der Waals surface area contributed by atoms with Gasteiger partial charge < -0.3 is 0 Å². The number of aromatic nitrogens is 2. The Morgan fingerprint density at radius 2 is 1.88 bits per heavy atom. The van der Waals surface area contributed by atoms with Gasteiger partial charge in [0.2, 0.25) is 10.0 Å². The van der Waals surface area contributed by atoms with Gasteiger partial charge >= 0.3 is 0 Å². The molecule has 130 valence electrons. The molecular weight excluding hydrogens is 358 g/mol. The highest BCUT2D eigenvalue weighted by atomic mass is 32.2. The third-order valence-electron chi connectivity index (χ3n) is 3.65. The first-order valence-corrected chi connectivity index (χ1v) is 8.71. The fourth-order valence-electron chi connectivity index (χ4n) is 2.49. The van der Waals surface area contributed by atoms with Crippen molar-refractivity contribution in [2.45, 2.75) is 4.90 Å². The van der Waals surface area contributed by atoms with Crippen molar-refractivity contribution in [1.82, 2.24) is 9.78 Å². The fourth-order valence-corrected chi connectivity index (χ4v) is 3.25. The smallest absolute Gasteiger partial charge is 0.258 e. The second-order valence-electron chi connectivity index (χ2n) is 5.28. The summed E-state index contributed by atoms with van der Waals surface area (Å²) in [5.41, 5.74) is 0.883. The Kier molecular flexibility index (Phi) is 4.25. The predicted octanol–water partition coefficient (Wildman–Crippen LogP) is 1.97. The number of non-ortho nitro benzene ring substituents is 1. The maximum absolute atomic E-state index is 12.1. The molecule has 2 aromatic carbocycles. The Labute approximate surface area is 148 Å². The number of hydrogen-bond acceptors (Lipinski definition) is 6. The van der Waals surface area contributed by atoms with Gasteiger partial charge in [-0.05, 0) is 41.5 Å². The van der Waals surface area contributed by atoms with Crippen LogP contribution in [0.3, 0.4) is 0 Å². The van der Waals surface area contributed by atoms with E-state index in [2.05, 4.69) is 5.10 Å². The van der Waals surface area contributed by atoms with Crippen molar-refractivity contribution in [1.29, 1.82) is 5.26 Å². The van der Waals surface area contributed by atoms with Gasteiger partial charge in [0.05, 0.1) is 10.5 Å². The Hall–Kier alpha value is -3.55. The molecule has 1 heterocycles. The van der Waals surface area contributed by atoms with Gasteiger partial charge in [0.25, 0.3) is 5.69 Å². The van der Waals surface area contributed by atoms with Crippen molar-refractivity contribution < 1.29 is 13.3 Å². The highest BCUT2D eigenvalue weighted by Gasteiger charge is 2.22. The first-order valence-electron chi connectivity index (χ1n) is 7.17. The van der Waals surface area contributed by atoms with E-state index >= 15 is 0 Å². The number of hydrogen-bond donors (Lipinski definition) is 1. The average molecular weight is 369 g/mol. The number of nitrogens with two attached hydrogens (primary N) is 1. The summed E-state index contributed by atoms with van der Waals surface area (Å²) in [6, 6.07) is 11.8. The quantitative estimate of drug-likeness (QED) is 0.549. The Morgan fingerprint density at radius 3 is 2.38 bits per heavy atom. The van der Waals surface area contributed by atoms with Gasteiger partial charge in [0.15, 0.2) is 0 Å². The summed E-state index contributed by atoms with van der Waals surface area (Å²) in [7, 11) is -4.16. The third-order valence-corrected chi connectivity index (χ3v) is 4.57. The molecule has 2 N–H and O–H groups in total. The molecule has 1 aromatic heterocycles. The average Bonchev–Trinajstić information content (AvgIpc) is 3.14. The van der Waals surface area contributed by atoms with Crippen molar-refractivity contribution in [3.05, 3.63) is 70.5 Å². The number of nitriles is 1. The molecule has 3 rings (SSSR count). The van der Waals surface area contributed by atoms with E-state index in [4.69, 9.17) is 5.14 Å². The van der Waals surface area contributed by atoms with Gasteiger partial charge in [-0.15, -0.1) is 0 Å². The molecule has 0 spiro atoms. The highest BCUT2D eigenvalue weighted by Crippen LogP contribution is 2.31. The summed E-state index contributed by atoms with van der Waals surface area (Å²) >= 11 is 0. The first-order chi connectivity index (χ1) is 12.3. The molecule has 0 atom stereocenters. The van der Waals surface area contributed by atoms with Gasteiger partial charge in [0.1, 0.15) is 16.7 Å². The maximum atomic E-state index is 12.1. The number of rotatable bonds is 4. The fraction of sp³-hybridized carbons (Fsp3) is 0. The Morgan fingerprint density at radius 1 is 1.19 bits per heavy atom. The minimum absolute atomic E-state index is 0.0469. The van der Waals surface area contributed by atoms with Crippen LogP contribution in [0.4, 0.5) is 5.69 Å². The maximum Gasteiger partial charge on any atom is 0.269 e.